The number of nitrogens with zero attached hydrogens (tertiary/aromatic N) is 3. The molecule has 0 aromatic carbocycles. The SMILES string of the molecule is Cc1ccc([C@H](C)NC(=O)N2CCN(Cc3csc(C)n3)CC2)o1. The number of urea groups is 1. The molecule has 1 atom stereocenters. The number of furan rings is 1. The van der Waals surface area contributed by atoms with Gasteiger partial charge in [-0.05, 0) is 32.9 Å². The molecule has 2 amide bonds. The molecule has 7 heteroatoms. The average Bonchev–Trinajstić information content (AvgIpc) is 3.16. The van der Waals surface area contributed by atoms with Crippen molar-refractivity contribution in [3.63, 3.8) is 0 Å². The molecule has 0 aliphatic carbocycles. The summed E-state index contributed by atoms with van der Waals surface area (Å²) in [5.41, 5.74) is 1.12. The molecule has 0 spiro atoms. The number of rotatable bonds is 4. The molecule has 1 aliphatic rings. The van der Waals surface area contributed by atoms with E-state index in [4.69, 9.17) is 4.42 Å². The van der Waals surface area contributed by atoms with E-state index in [1.165, 1.54) is 0 Å². The predicted molar refractivity (Wildman–Crippen MR) is 94.1 cm³/mol. The maximum atomic E-state index is 12.4. The van der Waals surface area contributed by atoms with E-state index in [0.29, 0.717) is 0 Å². The number of nitrogens with one attached hydrogen (secondary N) is 1. The van der Waals surface area contributed by atoms with Crippen molar-refractivity contribution < 1.29 is 9.21 Å². The lowest BCUT2D eigenvalue weighted by Crippen LogP contribution is -2.51. The van der Waals surface area contributed by atoms with Crippen molar-refractivity contribution in [3.05, 3.63) is 39.7 Å². The second kappa shape index (κ2) is 7.36. The summed E-state index contributed by atoms with van der Waals surface area (Å²) in [5.74, 6) is 1.65. The Morgan fingerprint density at radius 1 is 1.33 bits per heavy atom. The number of amides is 2. The van der Waals surface area contributed by atoms with Crippen molar-refractivity contribution in [3.8, 4) is 0 Å². The minimum atomic E-state index is -0.123. The number of carbonyl (C=O) groups excluding carboxylic acids is 1. The van der Waals surface area contributed by atoms with E-state index in [1.807, 2.05) is 37.8 Å². The molecule has 1 N–H and O–H groups in total. The van der Waals surface area contributed by atoms with Crippen LogP contribution in [-0.4, -0.2) is 47.0 Å². The van der Waals surface area contributed by atoms with Crippen molar-refractivity contribution in [2.75, 3.05) is 26.2 Å². The van der Waals surface area contributed by atoms with Gasteiger partial charge in [-0.2, -0.15) is 0 Å². The van der Waals surface area contributed by atoms with Gasteiger partial charge in [0.25, 0.3) is 0 Å². The summed E-state index contributed by atoms with van der Waals surface area (Å²) >= 11 is 1.68. The molecule has 6 nitrogen and oxygen atoms in total. The molecule has 0 saturated carbocycles. The second-order valence-corrected chi connectivity index (χ2v) is 7.30. The number of hydrogen-bond donors (Lipinski definition) is 1. The molecule has 2 aromatic heterocycles. The largest absolute Gasteiger partial charge is 0.464 e. The monoisotopic (exact) mass is 348 g/mol. The second-order valence-electron chi connectivity index (χ2n) is 6.24. The number of thiazole rings is 1. The molecule has 130 valence electrons. The highest BCUT2D eigenvalue weighted by Gasteiger charge is 2.23. The lowest BCUT2D eigenvalue weighted by molar-refractivity contribution is 0.132. The maximum Gasteiger partial charge on any atom is 0.318 e. The molecular formula is C17H24N4O2S. The van der Waals surface area contributed by atoms with Crippen molar-refractivity contribution in [1.29, 1.82) is 0 Å². The van der Waals surface area contributed by atoms with E-state index < -0.39 is 0 Å². The minimum absolute atomic E-state index is 0.0271. The van der Waals surface area contributed by atoms with Gasteiger partial charge in [0.1, 0.15) is 11.5 Å². The normalized spacial score (nSPS) is 17.0. The van der Waals surface area contributed by atoms with Crippen LogP contribution in [0.4, 0.5) is 4.79 Å². The van der Waals surface area contributed by atoms with E-state index >= 15 is 0 Å². The molecule has 0 radical (unpaired) electrons. The third-order valence-electron chi connectivity index (χ3n) is 4.24. The summed E-state index contributed by atoms with van der Waals surface area (Å²) in [7, 11) is 0. The zero-order valence-electron chi connectivity index (χ0n) is 14.4. The number of carbonyl (C=O) groups is 1. The number of aryl methyl sites for hydroxylation is 2. The molecule has 0 bridgehead atoms. The van der Waals surface area contributed by atoms with Crippen LogP contribution >= 0.6 is 11.3 Å². The van der Waals surface area contributed by atoms with Gasteiger partial charge in [0.2, 0.25) is 0 Å². The van der Waals surface area contributed by atoms with Gasteiger partial charge in [-0.3, -0.25) is 4.90 Å². The zero-order chi connectivity index (χ0) is 17.1. The highest BCUT2D eigenvalue weighted by Crippen LogP contribution is 2.16. The summed E-state index contributed by atoms with van der Waals surface area (Å²) in [5, 5.41) is 6.23. The predicted octanol–water partition coefficient (Wildman–Crippen LogP) is 2.94. The highest BCUT2D eigenvalue weighted by molar-refractivity contribution is 7.09. The number of aromatic nitrogens is 1. The highest BCUT2D eigenvalue weighted by atomic mass is 32.1. The summed E-state index contributed by atoms with van der Waals surface area (Å²) in [6.45, 7) is 9.95. The fourth-order valence-electron chi connectivity index (χ4n) is 2.85. The smallest absolute Gasteiger partial charge is 0.318 e. The van der Waals surface area contributed by atoms with Crippen molar-refractivity contribution in [1.82, 2.24) is 20.1 Å². The Morgan fingerprint density at radius 2 is 2.08 bits per heavy atom. The van der Waals surface area contributed by atoms with E-state index in [0.717, 1.165) is 54.9 Å². The maximum absolute atomic E-state index is 12.4. The van der Waals surface area contributed by atoms with Crippen LogP contribution < -0.4 is 5.32 Å². The van der Waals surface area contributed by atoms with Crippen molar-refractivity contribution in [2.24, 2.45) is 0 Å². The van der Waals surface area contributed by atoms with Gasteiger partial charge >= 0.3 is 6.03 Å². The van der Waals surface area contributed by atoms with Gasteiger partial charge in [0, 0.05) is 38.1 Å². The Labute approximate surface area is 146 Å². The average molecular weight is 348 g/mol. The molecule has 3 rings (SSSR count). The molecule has 1 saturated heterocycles. The van der Waals surface area contributed by atoms with Crippen LogP contribution in [-0.2, 0) is 6.54 Å². The first-order chi connectivity index (χ1) is 11.5. The van der Waals surface area contributed by atoms with Crippen LogP contribution in [0.3, 0.4) is 0 Å². The lowest BCUT2D eigenvalue weighted by atomic mass is 10.2. The third-order valence-corrected chi connectivity index (χ3v) is 5.06. The summed E-state index contributed by atoms with van der Waals surface area (Å²) in [6.07, 6.45) is 0. The Kier molecular flexibility index (Phi) is 5.20. The molecule has 1 fully saturated rings. The van der Waals surface area contributed by atoms with Gasteiger partial charge in [-0.25, -0.2) is 9.78 Å². The van der Waals surface area contributed by atoms with Crippen LogP contribution in [0.15, 0.2) is 21.9 Å². The van der Waals surface area contributed by atoms with E-state index in [9.17, 15) is 4.79 Å². The number of hydrogen-bond acceptors (Lipinski definition) is 5. The van der Waals surface area contributed by atoms with Gasteiger partial charge in [0.15, 0.2) is 0 Å². The van der Waals surface area contributed by atoms with Crippen LogP contribution in [0.25, 0.3) is 0 Å². The molecule has 2 aromatic rings. The van der Waals surface area contributed by atoms with E-state index in [2.05, 4.69) is 20.6 Å². The summed E-state index contributed by atoms with van der Waals surface area (Å²) in [6, 6.07) is 3.67. The standard InChI is InChI=1S/C17H24N4O2S/c1-12-4-5-16(23-12)13(2)18-17(22)21-8-6-20(7-9-21)10-15-11-24-14(3)19-15/h4-5,11,13H,6-10H2,1-3H3,(H,18,22)/t13-/m0/s1. The third kappa shape index (κ3) is 4.15. The first kappa shape index (κ1) is 17.0. The number of piperazine rings is 1. The Bertz CT molecular complexity index is 688. The summed E-state index contributed by atoms with van der Waals surface area (Å²) in [4.78, 5) is 21.1. The molecule has 0 unspecified atom stereocenters. The Balaban J connectivity index is 1.46. The minimum Gasteiger partial charge on any atom is -0.464 e. The molecule has 24 heavy (non-hydrogen) atoms. The van der Waals surface area contributed by atoms with Crippen LogP contribution in [0.1, 0.15) is 35.2 Å². The molecule has 3 heterocycles. The Morgan fingerprint density at radius 3 is 2.67 bits per heavy atom. The van der Waals surface area contributed by atoms with Crippen molar-refractivity contribution >= 4 is 17.4 Å². The van der Waals surface area contributed by atoms with Gasteiger partial charge in [-0.1, -0.05) is 0 Å². The first-order valence-corrected chi connectivity index (χ1v) is 9.14. The summed E-state index contributed by atoms with van der Waals surface area (Å²) < 4.78 is 5.57. The van der Waals surface area contributed by atoms with Crippen LogP contribution in [0.2, 0.25) is 0 Å². The van der Waals surface area contributed by atoms with Gasteiger partial charge < -0.3 is 14.6 Å². The molecule has 1 aliphatic heterocycles. The fourth-order valence-corrected chi connectivity index (χ4v) is 3.46. The van der Waals surface area contributed by atoms with Gasteiger partial charge in [-0.15, -0.1) is 11.3 Å². The van der Waals surface area contributed by atoms with Crippen LogP contribution in [0.5, 0.6) is 0 Å². The topological polar surface area (TPSA) is 61.6 Å². The van der Waals surface area contributed by atoms with E-state index in [1.54, 1.807) is 11.3 Å². The van der Waals surface area contributed by atoms with Gasteiger partial charge in [0.05, 0.1) is 16.7 Å². The Hall–Kier alpha value is -1.86. The molecular weight excluding hydrogens is 324 g/mol. The lowest BCUT2D eigenvalue weighted by Gasteiger charge is -2.34. The quantitative estimate of drug-likeness (QED) is 0.923. The van der Waals surface area contributed by atoms with Crippen LogP contribution in [0, 0.1) is 13.8 Å². The zero-order valence-corrected chi connectivity index (χ0v) is 15.2. The fraction of sp³-hybridized carbons (Fsp3) is 0.529. The first-order valence-electron chi connectivity index (χ1n) is 8.26. The van der Waals surface area contributed by atoms with Crippen molar-refractivity contribution in [2.45, 2.75) is 33.4 Å². The van der Waals surface area contributed by atoms with E-state index in [-0.39, 0.29) is 12.1 Å².